The van der Waals surface area contributed by atoms with Crippen LogP contribution in [0, 0.1) is 5.82 Å². The van der Waals surface area contributed by atoms with Crippen molar-refractivity contribution in [3.8, 4) is 0 Å². The molecule has 122 valence electrons. The molecule has 5 heteroatoms. The summed E-state index contributed by atoms with van der Waals surface area (Å²) in [5, 5.41) is 0. The number of thiazole rings is 1. The van der Waals surface area contributed by atoms with Crippen LogP contribution in [0.4, 0.5) is 4.39 Å². The van der Waals surface area contributed by atoms with Crippen LogP contribution in [0.15, 0.2) is 59.6 Å². The van der Waals surface area contributed by atoms with E-state index in [1.807, 2.05) is 43.3 Å². The van der Waals surface area contributed by atoms with Crippen molar-refractivity contribution in [3.63, 3.8) is 0 Å². The van der Waals surface area contributed by atoms with Crippen molar-refractivity contribution in [2.75, 3.05) is 0 Å². The van der Waals surface area contributed by atoms with Gasteiger partial charge in [0.2, 0.25) is 0 Å². The molecule has 1 aromatic heterocycles. The van der Waals surface area contributed by atoms with Gasteiger partial charge in [0.1, 0.15) is 5.82 Å². The Labute approximate surface area is 143 Å². The number of aryl methyl sites for hydroxylation is 1. The fourth-order valence-corrected chi connectivity index (χ4v) is 3.54. The van der Waals surface area contributed by atoms with Gasteiger partial charge >= 0.3 is 0 Å². The van der Waals surface area contributed by atoms with Gasteiger partial charge in [-0.05, 0) is 30.2 Å². The van der Waals surface area contributed by atoms with Gasteiger partial charge in [-0.25, -0.2) is 4.39 Å². The number of benzene rings is 2. The smallest absolute Gasteiger partial charge is 0.272 e. The first-order chi connectivity index (χ1) is 11.7. The van der Waals surface area contributed by atoms with Gasteiger partial charge in [-0.1, -0.05) is 54.7 Å². The topological polar surface area (TPSA) is 34.4 Å². The minimum Gasteiger partial charge on any atom is -0.314 e. The van der Waals surface area contributed by atoms with E-state index in [0.29, 0.717) is 16.9 Å². The summed E-state index contributed by atoms with van der Waals surface area (Å²) in [6, 6.07) is 14.5. The number of fused-ring (bicyclic) bond motifs is 1. The number of para-hydroxylation sites is 1. The Kier molecular flexibility index (Phi) is 5.01. The molecule has 0 bridgehead atoms. The average Bonchev–Trinajstić information content (AvgIpc) is 2.93. The lowest BCUT2D eigenvalue weighted by Gasteiger charge is -2.02. The predicted molar refractivity (Wildman–Crippen MR) is 96.1 cm³/mol. The first-order valence-electron chi connectivity index (χ1n) is 7.78. The fourth-order valence-electron chi connectivity index (χ4n) is 2.47. The number of rotatable bonds is 4. The summed E-state index contributed by atoms with van der Waals surface area (Å²) in [6.45, 7) is 2.63. The number of halogens is 1. The lowest BCUT2D eigenvalue weighted by molar-refractivity contribution is -0.113. The molecule has 0 radical (unpaired) electrons. The second-order valence-electron chi connectivity index (χ2n) is 5.32. The standard InChI is InChI=1S/C19H17FN2OS/c1-2-13-22-18-15(20)9-6-10-16(18)24-19(22)21-17(23)12-11-14-7-4-3-5-8-14/h3-12H,2,13H2,1H3. The summed E-state index contributed by atoms with van der Waals surface area (Å²) in [7, 11) is 0. The number of carbonyl (C=O) groups excluding carboxylic acids is 1. The fraction of sp³-hybridized carbons (Fsp3) is 0.158. The summed E-state index contributed by atoms with van der Waals surface area (Å²) in [6.07, 6.45) is 4.00. The lowest BCUT2D eigenvalue weighted by atomic mass is 10.2. The van der Waals surface area contributed by atoms with Gasteiger partial charge in [0, 0.05) is 12.6 Å². The molecule has 0 spiro atoms. The highest BCUT2D eigenvalue weighted by Gasteiger charge is 2.10. The number of aromatic nitrogens is 1. The second-order valence-corrected chi connectivity index (χ2v) is 6.33. The van der Waals surface area contributed by atoms with E-state index in [9.17, 15) is 9.18 Å². The normalized spacial score (nSPS) is 12.3. The van der Waals surface area contributed by atoms with E-state index in [2.05, 4.69) is 4.99 Å². The van der Waals surface area contributed by atoms with Crippen molar-refractivity contribution in [2.45, 2.75) is 19.9 Å². The maximum Gasteiger partial charge on any atom is 0.272 e. The molecule has 2 aromatic carbocycles. The number of hydrogen-bond acceptors (Lipinski definition) is 2. The quantitative estimate of drug-likeness (QED) is 0.649. The van der Waals surface area contributed by atoms with Crippen molar-refractivity contribution >= 4 is 33.5 Å². The molecule has 1 amide bonds. The van der Waals surface area contributed by atoms with E-state index >= 15 is 0 Å². The molecular formula is C19H17FN2OS. The number of carbonyl (C=O) groups is 1. The van der Waals surface area contributed by atoms with Gasteiger partial charge in [0.15, 0.2) is 4.80 Å². The zero-order chi connectivity index (χ0) is 16.9. The Morgan fingerprint density at radius 1 is 1.21 bits per heavy atom. The van der Waals surface area contributed by atoms with Crippen molar-refractivity contribution in [2.24, 2.45) is 4.99 Å². The van der Waals surface area contributed by atoms with E-state index in [-0.39, 0.29) is 11.7 Å². The van der Waals surface area contributed by atoms with Crippen LogP contribution in [0.25, 0.3) is 16.3 Å². The number of hydrogen-bond donors (Lipinski definition) is 0. The van der Waals surface area contributed by atoms with Crippen LogP contribution >= 0.6 is 11.3 Å². The predicted octanol–water partition coefficient (Wildman–Crippen LogP) is 4.39. The van der Waals surface area contributed by atoms with E-state index in [1.54, 1.807) is 16.7 Å². The number of nitrogens with zero attached hydrogens (tertiary/aromatic N) is 2. The Morgan fingerprint density at radius 2 is 2.00 bits per heavy atom. The van der Waals surface area contributed by atoms with Gasteiger partial charge < -0.3 is 4.57 Å². The summed E-state index contributed by atoms with van der Waals surface area (Å²) < 4.78 is 16.7. The molecule has 0 aliphatic carbocycles. The van der Waals surface area contributed by atoms with Crippen LogP contribution in [0.2, 0.25) is 0 Å². The van der Waals surface area contributed by atoms with Crippen LogP contribution in [0.1, 0.15) is 18.9 Å². The Hall–Kier alpha value is -2.53. The van der Waals surface area contributed by atoms with Crippen molar-refractivity contribution < 1.29 is 9.18 Å². The molecule has 3 aromatic rings. The van der Waals surface area contributed by atoms with E-state index in [1.165, 1.54) is 23.5 Å². The zero-order valence-corrected chi connectivity index (χ0v) is 14.1. The molecular weight excluding hydrogens is 323 g/mol. The zero-order valence-electron chi connectivity index (χ0n) is 13.3. The second kappa shape index (κ2) is 7.36. The first kappa shape index (κ1) is 16.3. The van der Waals surface area contributed by atoms with Crippen LogP contribution in [0.5, 0.6) is 0 Å². The number of amides is 1. The maximum absolute atomic E-state index is 14.1. The van der Waals surface area contributed by atoms with Crippen LogP contribution in [0.3, 0.4) is 0 Å². The van der Waals surface area contributed by atoms with Gasteiger partial charge in [-0.2, -0.15) is 4.99 Å². The Balaban J connectivity index is 2.00. The van der Waals surface area contributed by atoms with Gasteiger partial charge in [-0.15, -0.1) is 0 Å². The highest BCUT2D eigenvalue weighted by Crippen LogP contribution is 2.20. The molecule has 0 saturated heterocycles. The Bertz CT molecular complexity index is 954. The molecule has 0 aliphatic heterocycles. The van der Waals surface area contributed by atoms with Gasteiger partial charge in [0.05, 0.1) is 10.2 Å². The van der Waals surface area contributed by atoms with Crippen molar-refractivity contribution in [3.05, 3.63) is 70.8 Å². The molecule has 0 atom stereocenters. The largest absolute Gasteiger partial charge is 0.314 e. The Morgan fingerprint density at radius 3 is 2.75 bits per heavy atom. The van der Waals surface area contributed by atoms with Crippen LogP contribution in [-0.2, 0) is 11.3 Å². The minimum atomic E-state index is -0.351. The molecule has 0 aliphatic rings. The van der Waals surface area contributed by atoms with E-state index in [4.69, 9.17) is 0 Å². The van der Waals surface area contributed by atoms with Crippen molar-refractivity contribution in [1.29, 1.82) is 0 Å². The molecule has 0 unspecified atom stereocenters. The molecule has 3 rings (SSSR count). The van der Waals surface area contributed by atoms with E-state index < -0.39 is 0 Å². The molecule has 24 heavy (non-hydrogen) atoms. The maximum atomic E-state index is 14.1. The third kappa shape index (κ3) is 3.51. The third-order valence-corrected chi connectivity index (χ3v) is 4.57. The van der Waals surface area contributed by atoms with Crippen LogP contribution in [-0.4, -0.2) is 10.5 Å². The SMILES string of the molecule is CCCn1c(=NC(=O)C=Cc2ccccc2)sc2cccc(F)c21. The highest BCUT2D eigenvalue weighted by atomic mass is 32.1. The summed E-state index contributed by atoms with van der Waals surface area (Å²) in [4.78, 5) is 16.8. The summed E-state index contributed by atoms with van der Waals surface area (Å²) in [5.74, 6) is -0.637. The van der Waals surface area contributed by atoms with Gasteiger partial charge in [0.25, 0.3) is 5.91 Å². The van der Waals surface area contributed by atoms with Gasteiger partial charge in [-0.3, -0.25) is 4.79 Å². The lowest BCUT2D eigenvalue weighted by Crippen LogP contribution is -2.16. The minimum absolute atomic E-state index is 0.286. The van der Waals surface area contributed by atoms with Crippen LogP contribution < -0.4 is 4.80 Å². The monoisotopic (exact) mass is 340 g/mol. The van der Waals surface area contributed by atoms with E-state index in [0.717, 1.165) is 16.7 Å². The molecule has 1 heterocycles. The molecule has 0 N–H and O–H groups in total. The molecule has 3 nitrogen and oxygen atoms in total. The molecule has 0 saturated carbocycles. The highest BCUT2D eigenvalue weighted by molar-refractivity contribution is 7.16. The third-order valence-electron chi connectivity index (χ3n) is 3.52. The first-order valence-corrected chi connectivity index (χ1v) is 8.60. The summed E-state index contributed by atoms with van der Waals surface area (Å²) >= 11 is 1.33. The molecule has 0 fully saturated rings. The average molecular weight is 340 g/mol. The summed E-state index contributed by atoms with van der Waals surface area (Å²) in [5.41, 5.74) is 1.45. The van der Waals surface area contributed by atoms with Crippen molar-refractivity contribution in [1.82, 2.24) is 4.57 Å².